The van der Waals surface area contributed by atoms with E-state index in [2.05, 4.69) is 5.32 Å². The van der Waals surface area contributed by atoms with E-state index in [1.54, 1.807) is 53.2 Å². The monoisotopic (exact) mass is 443 g/mol. The Bertz CT molecular complexity index is 1140. The molecule has 4 amide bonds. The van der Waals surface area contributed by atoms with Crippen molar-refractivity contribution in [2.45, 2.75) is 13.1 Å². The van der Waals surface area contributed by atoms with Crippen molar-refractivity contribution >= 4 is 47.1 Å². The Morgan fingerprint density at radius 3 is 2.43 bits per heavy atom. The van der Waals surface area contributed by atoms with E-state index in [9.17, 15) is 14.4 Å². The summed E-state index contributed by atoms with van der Waals surface area (Å²) in [5.41, 5.74) is 1.13. The third-order valence-electron chi connectivity index (χ3n) is 4.63. The number of imide groups is 2. The average Bonchev–Trinajstić information content (AvgIpc) is 3.37. The minimum absolute atomic E-state index is 0.0848. The minimum atomic E-state index is -0.795. The zero-order chi connectivity index (χ0) is 21.3. The van der Waals surface area contributed by atoms with Crippen LogP contribution >= 0.6 is 23.2 Å². The number of barbiturate groups is 1. The first-order valence-corrected chi connectivity index (χ1v) is 9.69. The van der Waals surface area contributed by atoms with Crippen molar-refractivity contribution in [2.75, 3.05) is 0 Å². The molecule has 3 aromatic rings. The molecule has 30 heavy (non-hydrogen) atoms. The van der Waals surface area contributed by atoms with Crippen LogP contribution in [0.4, 0.5) is 4.79 Å². The molecule has 1 aliphatic heterocycles. The van der Waals surface area contributed by atoms with Gasteiger partial charge in [0.2, 0.25) is 0 Å². The maximum Gasteiger partial charge on any atom is 0.331 e. The number of amides is 4. The van der Waals surface area contributed by atoms with E-state index in [-0.39, 0.29) is 12.1 Å². The number of carbonyl (C=O) groups excluding carboxylic acids is 3. The van der Waals surface area contributed by atoms with Gasteiger partial charge in [-0.3, -0.25) is 19.8 Å². The second-order valence-corrected chi connectivity index (χ2v) is 7.36. The number of nitrogens with one attached hydrogen (secondary N) is 1. The second-order valence-electron chi connectivity index (χ2n) is 6.55. The van der Waals surface area contributed by atoms with Crippen molar-refractivity contribution in [3.05, 3.63) is 87.6 Å². The molecule has 0 atom stereocenters. The number of rotatable bonds is 5. The lowest BCUT2D eigenvalue weighted by Gasteiger charge is -2.25. The van der Waals surface area contributed by atoms with Crippen LogP contribution in [0.5, 0.6) is 0 Å². The number of aromatic nitrogens is 1. The minimum Gasteiger partial charge on any atom is -0.467 e. The summed E-state index contributed by atoms with van der Waals surface area (Å²) < 4.78 is 7.00. The number of urea groups is 1. The molecule has 1 saturated heterocycles. The van der Waals surface area contributed by atoms with Gasteiger partial charge in [-0.1, -0.05) is 29.3 Å². The molecule has 9 heteroatoms. The highest BCUT2D eigenvalue weighted by Crippen LogP contribution is 2.26. The molecule has 2 aromatic heterocycles. The highest BCUT2D eigenvalue weighted by molar-refractivity contribution is 6.36. The fourth-order valence-electron chi connectivity index (χ4n) is 3.10. The Morgan fingerprint density at radius 1 is 0.967 bits per heavy atom. The third-order valence-corrected chi connectivity index (χ3v) is 5.34. The molecule has 0 radical (unpaired) electrons. The molecular weight excluding hydrogens is 429 g/mol. The van der Waals surface area contributed by atoms with Gasteiger partial charge in [-0.2, -0.15) is 0 Å². The van der Waals surface area contributed by atoms with Crippen LogP contribution in [0, 0.1) is 0 Å². The molecule has 1 N–H and O–H groups in total. The molecule has 1 aliphatic rings. The Hall–Kier alpha value is -3.29. The van der Waals surface area contributed by atoms with Gasteiger partial charge in [0.05, 0.1) is 19.4 Å². The number of hydrogen-bond donors (Lipinski definition) is 1. The molecule has 0 bridgehead atoms. The zero-order valence-electron chi connectivity index (χ0n) is 15.5. The van der Waals surface area contributed by atoms with E-state index in [4.69, 9.17) is 27.6 Å². The SMILES string of the molecule is O=C1NC(=O)N(Cc2ccco2)C(=O)/C1=C/c1cccn1Cc1c(Cl)cccc1Cl. The van der Waals surface area contributed by atoms with Gasteiger partial charge in [0.25, 0.3) is 11.8 Å². The van der Waals surface area contributed by atoms with Crippen molar-refractivity contribution in [3.63, 3.8) is 0 Å². The first-order valence-electron chi connectivity index (χ1n) is 8.93. The summed E-state index contributed by atoms with van der Waals surface area (Å²) in [5.74, 6) is -1.04. The lowest BCUT2D eigenvalue weighted by atomic mass is 10.1. The van der Waals surface area contributed by atoms with Gasteiger partial charge < -0.3 is 8.98 Å². The van der Waals surface area contributed by atoms with Crippen LogP contribution in [0.3, 0.4) is 0 Å². The summed E-state index contributed by atoms with van der Waals surface area (Å²) in [6.45, 7) is 0.258. The van der Waals surface area contributed by atoms with Gasteiger partial charge >= 0.3 is 6.03 Å². The largest absolute Gasteiger partial charge is 0.467 e. The summed E-state index contributed by atoms with van der Waals surface area (Å²) in [6, 6.07) is 11.2. The highest BCUT2D eigenvalue weighted by Gasteiger charge is 2.36. The summed E-state index contributed by atoms with van der Waals surface area (Å²) >= 11 is 12.5. The van der Waals surface area contributed by atoms with Crippen LogP contribution in [0.25, 0.3) is 6.08 Å². The van der Waals surface area contributed by atoms with E-state index < -0.39 is 17.8 Å². The predicted octanol–water partition coefficient (Wildman–Crippen LogP) is 4.10. The Morgan fingerprint density at radius 2 is 1.73 bits per heavy atom. The first-order chi connectivity index (χ1) is 14.4. The van der Waals surface area contributed by atoms with Crippen molar-refractivity contribution < 1.29 is 18.8 Å². The third kappa shape index (κ3) is 3.90. The van der Waals surface area contributed by atoms with Crippen molar-refractivity contribution in [1.82, 2.24) is 14.8 Å². The molecule has 152 valence electrons. The quantitative estimate of drug-likeness (QED) is 0.475. The van der Waals surface area contributed by atoms with Gasteiger partial charge in [0, 0.05) is 27.5 Å². The molecule has 0 saturated carbocycles. The molecule has 1 fully saturated rings. The molecule has 4 rings (SSSR count). The van der Waals surface area contributed by atoms with Crippen LogP contribution in [0.1, 0.15) is 17.0 Å². The van der Waals surface area contributed by atoms with Crippen molar-refractivity contribution in [2.24, 2.45) is 0 Å². The van der Waals surface area contributed by atoms with Crippen LogP contribution in [-0.4, -0.2) is 27.3 Å². The number of carbonyl (C=O) groups is 3. The molecular formula is C21H15Cl2N3O4. The van der Waals surface area contributed by atoms with E-state index in [0.717, 1.165) is 4.90 Å². The fourth-order valence-corrected chi connectivity index (χ4v) is 3.62. The molecule has 0 unspecified atom stereocenters. The molecule has 0 spiro atoms. The summed E-state index contributed by atoms with van der Waals surface area (Å²) in [7, 11) is 0. The normalized spacial score (nSPS) is 15.7. The van der Waals surface area contributed by atoms with E-state index in [1.807, 2.05) is 0 Å². The van der Waals surface area contributed by atoms with Gasteiger partial charge in [0.15, 0.2) is 0 Å². The predicted molar refractivity (Wildman–Crippen MR) is 111 cm³/mol. The fraction of sp³-hybridized carbons (Fsp3) is 0.0952. The first kappa shape index (κ1) is 20.0. The van der Waals surface area contributed by atoms with E-state index in [0.29, 0.717) is 33.6 Å². The Kier molecular flexibility index (Phi) is 5.48. The van der Waals surface area contributed by atoms with Gasteiger partial charge in [0.1, 0.15) is 11.3 Å². The molecule has 0 aliphatic carbocycles. The summed E-state index contributed by atoms with van der Waals surface area (Å²) in [5, 5.41) is 3.21. The summed E-state index contributed by atoms with van der Waals surface area (Å²) in [4.78, 5) is 38.3. The average molecular weight is 444 g/mol. The Balaban J connectivity index is 1.64. The van der Waals surface area contributed by atoms with Crippen molar-refractivity contribution in [3.8, 4) is 0 Å². The topological polar surface area (TPSA) is 84.6 Å². The second kappa shape index (κ2) is 8.22. The number of benzene rings is 1. The van der Waals surface area contributed by atoms with E-state index in [1.165, 1.54) is 12.3 Å². The van der Waals surface area contributed by atoms with Crippen LogP contribution in [-0.2, 0) is 22.7 Å². The van der Waals surface area contributed by atoms with Crippen molar-refractivity contribution in [1.29, 1.82) is 0 Å². The maximum absolute atomic E-state index is 12.9. The molecule has 1 aromatic carbocycles. The van der Waals surface area contributed by atoms with Crippen LogP contribution in [0.2, 0.25) is 10.0 Å². The molecule has 3 heterocycles. The van der Waals surface area contributed by atoms with Gasteiger partial charge in [-0.25, -0.2) is 4.79 Å². The molecule has 7 nitrogen and oxygen atoms in total. The lowest BCUT2D eigenvalue weighted by molar-refractivity contribution is -0.130. The van der Waals surface area contributed by atoms with Gasteiger partial charge in [-0.15, -0.1) is 0 Å². The van der Waals surface area contributed by atoms with Crippen LogP contribution < -0.4 is 5.32 Å². The zero-order valence-corrected chi connectivity index (χ0v) is 17.0. The standard InChI is InChI=1S/C21H15Cl2N3O4/c22-17-6-1-7-18(23)16(17)12-25-8-2-4-13(25)10-15-19(27)24-21(29)26(20(15)28)11-14-5-3-9-30-14/h1-10H,11-12H2,(H,24,27,29)/b15-10+. The van der Waals surface area contributed by atoms with Crippen LogP contribution in [0.15, 0.2) is 64.9 Å². The highest BCUT2D eigenvalue weighted by atomic mass is 35.5. The Labute approximate surface area is 181 Å². The number of furan rings is 1. The number of hydrogen-bond acceptors (Lipinski definition) is 4. The summed E-state index contributed by atoms with van der Waals surface area (Å²) in [6.07, 6.45) is 4.66. The number of halogens is 2. The van der Waals surface area contributed by atoms with E-state index >= 15 is 0 Å². The lowest BCUT2D eigenvalue weighted by Crippen LogP contribution is -2.53. The maximum atomic E-state index is 12.9. The number of nitrogens with zero attached hydrogens (tertiary/aromatic N) is 2. The van der Waals surface area contributed by atoms with Gasteiger partial charge in [-0.05, 0) is 42.5 Å². The smallest absolute Gasteiger partial charge is 0.331 e.